The Labute approximate surface area is 124 Å². The first-order chi connectivity index (χ1) is 10.2. The van der Waals surface area contributed by atoms with Gasteiger partial charge in [-0.2, -0.15) is 0 Å². The number of benzene rings is 3. The number of rotatable bonds is 1. The van der Waals surface area contributed by atoms with E-state index in [1.165, 1.54) is 32.8 Å². The smallest absolute Gasteiger partial charge is 0.0939 e. The van der Waals surface area contributed by atoms with Crippen LogP contribution in [0.3, 0.4) is 0 Å². The molecule has 0 atom stereocenters. The van der Waals surface area contributed by atoms with Crippen LogP contribution in [-0.2, 0) is 0 Å². The third-order valence-corrected chi connectivity index (χ3v) is 4.25. The minimum absolute atomic E-state index is 0.906. The highest BCUT2D eigenvalue weighted by molar-refractivity contribution is 6.14. The number of nitrogens with zero attached hydrogens (tertiary/aromatic N) is 2. The van der Waals surface area contributed by atoms with Crippen molar-refractivity contribution in [3.8, 4) is 0 Å². The van der Waals surface area contributed by atoms with Crippen molar-refractivity contribution in [1.82, 2.24) is 4.90 Å². The van der Waals surface area contributed by atoms with Crippen LogP contribution in [0, 0.1) is 6.92 Å². The molecule has 0 radical (unpaired) electrons. The molecule has 1 aliphatic heterocycles. The van der Waals surface area contributed by atoms with Gasteiger partial charge >= 0.3 is 0 Å². The van der Waals surface area contributed by atoms with Crippen molar-refractivity contribution in [2.45, 2.75) is 6.92 Å². The first-order valence-electron chi connectivity index (χ1n) is 7.30. The van der Waals surface area contributed by atoms with Crippen molar-refractivity contribution < 1.29 is 0 Å². The van der Waals surface area contributed by atoms with E-state index in [-0.39, 0.29) is 0 Å². The lowest BCUT2D eigenvalue weighted by Gasteiger charge is -2.23. The van der Waals surface area contributed by atoms with Crippen LogP contribution in [0.15, 0.2) is 60.9 Å². The molecule has 0 aliphatic carbocycles. The summed E-state index contributed by atoms with van der Waals surface area (Å²) in [6.45, 7) is 3.10. The lowest BCUT2D eigenvalue weighted by molar-refractivity contribution is 0.496. The van der Waals surface area contributed by atoms with Gasteiger partial charge in [-0.3, -0.25) is 0 Å². The molecule has 3 aromatic rings. The van der Waals surface area contributed by atoms with E-state index in [4.69, 9.17) is 0 Å². The quantitative estimate of drug-likeness (QED) is 0.604. The maximum absolute atomic E-state index is 2.34. The van der Waals surface area contributed by atoms with Gasteiger partial charge in [0.15, 0.2) is 0 Å². The summed E-state index contributed by atoms with van der Waals surface area (Å²) >= 11 is 0. The second kappa shape index (κ2) is 4.52. The van der Waals surface area contributed by atoms with Crippen LogP contribution in [0.4, 0.5) is 5.69 Å². The molecule has 4 rings (SSSR count). The number of anilines is 1. The van der Waals surface area contributed by atoms with Gasteiger partial charge in [-0.15, -0.1) is 0 Å². The Kier molecular flexibility index (Phi) is 2.64. The Morgan fingerprint density at radius 2 is 1.62 bits per heavy atom. The molecule has 0 bridgehead atoms. The topological polar surface area (TPSA) is 6.48 Å². The summed E-state index contributed by atoms with van der Waals surface area (Å²) in [7, 11) is 2.11. The number of hydrogen-bond donors (Lipinski definition) is 0. The predicted molar refractivity (Wildman–Crippen MR) is 90.4 cm³/mol. The van der Waals surface area contributed by atoms with Crippen molar-refractivity contribution in [2.24, 2.45) is 0 Å². The standard InChI is InChI=1S/C19H18N2/c1-14-7-8-16-10-9-15-5-3-4-6-17(15)18(16)19(14)21-12-11-20(2)13-21/h3-12H,13H2,1-2H3. The molecule has 2 nitrogen and oxygen atoms in total. The highest BCUT2D eigenvalue weighted by Gasteiger charge is 2.17. The van der Waals surface area contributed by atoms with Gasteiger partial charge in [0, 0.05) is 24.8 Å². The minimum atomic E-state index is 0.906. The molecule has 3 aromatic carbocycles. The second-order valence-corrected chi connectivity index (χ2v) is 5.78. The van der Waals surface area contributed by atoms with Gasteiger partial charge in [0.25, 0.3) is 0 Å². The van der Waals surface area contributed by atoms with Crippen LogP contribution in [0.2, 0.25) is 0 Å². The third-order valence-electron chi connectivity index (χ3n) is 4.25. The zero-order chi connectivity index (χ0) is 14.4. The predicted octanol–water partition coefficient (Wildman–Crippen LogP) is 4.48. The molecule has 0 aromatic heterocycles. The van der Waals surface area contributed by atoms with Crippen LogP contribution in [0.5, 0.6) is 0 Å². The fraction of sp³-hybridized carbons (Fsp3) is 0.158. The summed E-state index contributed by atoms with van der Waals surface area (Å²) in [4.78, 5) is 4.54. The molecule has 1 aliphatic rings. The summed E-state index contributed by atoms with van der Waals surface area (Å²) in [6, 6.07) is 17.5. The minimum Gasteiger partial charge on any atom is -0.361 e. The normalized spacial score (nSPS) is 14.6. The van der Waals surface area contributed by atoms with Gasteiger partial charge in [-0.25, -0.2) is 0 Å². The SMILES string of the molecule is Cc1ccc2ccc3ccccc3c2c1N1C=CN(C)C1. The van der Waals surface area contributed by atoms with Crippen molar-refractivity contribution in [1.29, 1.82) is 0 Å². The van der Waals surface area contributed by atoms with Crippen molar-refractivity contribution in [3.63, 3.8) is 0 Å². The molecule has 21 heavy (non-hydrogen) atoms. The van der Waals surface area contributed by atoms with Crippen LogP contribution < -0.4 is 4.90 Å². The molecule has 104 valence electrons. The summed E-state index contributed by atoms with van der Waals surface area (Å²) in [6.07, 6.45) is 4.30. The van der Waals surface area contributed by atoms with Crippen molar-refractivity contribution in [3.05, 3.63) is 66.5 Å². The molecule has 1 heterocycles. The number of fused-ring (bicyclic) bond motifs is 3. The third kappa shape index (κ3) is 1.87. The molecule has 0 spiro atoms. The van der Waals surface area contributed by atoms with Crippen molar-refractivity contribution >= 4 is 27.2 Å². The first kappa shape index (κ1) is 12.3. The maximum Gasteiger partial charge on any atom is 0.0939 e. The van der Waals surface area contributed by atoms with Gasteiger partial charge in [0.2, 0.25) is 0 Å². The van der Waals surface area contributed by atoms with Gasteiger partial charge < -0.3 is 9.80 Å². The first-order valence-corrected chi connectivity index (χ1v) is 7.30. The van der Waals surface area contributed by atoms with E-state index in [1.54, 1.807) is 0 Å². The Morgan fingerprint density at radius 1 is 0.857 bits per heavy atom. The average molecular weight is 274 g/mol. The zero-order valence-electron chi connectivity index (χ0n) is 12.4. The lowest BCUT2D eigenvalue weighted by atomic mass is 9.97. The summed E-state index contributed by atoms with van der Waals surface area (Å²) in [5, 5.41) is 5.29. The Morgan fingerprint density at radius 3 is 2.43 bits per heavy atom. The highest BCUT2D eigenvalue weighted by atomic mass is 15.3. The Bertz CT molecular complexity index is 864. The van der Waals surface area contributed by atoms with Crippen LogP contribution in [-0.4, -0.2) is 18.6 Å². The van der Waals surface area contributed by atoms with Crippen LogP contribution in [0.25, 0.3) is 21.5 Å². The molecule has 0 amide bonds. The zero-order valence-corrected chi connectivity index (χ0v) is 12.4. The number of hydrogen-bond acceptors (Lipinski definition) is 2. The molecular formula is C19H18N2. The maximum atomic E-state index is 2.34. The average Bonchev–Trinajstić information content (AvgIpc) is 2.93. The van der Waals surface area contributed by atoms with Crippen LogP contribution >= 0.6 is 0 Å². The summed E-state index contributed by atoms with van der Waals surface area (Å²) in [5.41, 5.74) is 2.64. The summed E-state index contributed by atoms with van der Waals surface area (Å²) < 4.78 is 0. The van der Waals surface area contributed by atoms with Crippen molar-refractivity contribution in [2.75, 3.05) is 18.6 Å². The molecule has 0 N–H and O–H groups in total. The fourth-order valence-corrected chi connectivity index (χ4v) is 3.23. The van der Waals surface area contributed by atoms with E-state index >= 15 is 0 Å². The van der Waals surface area contributed by atoms with E-state index < -0.39 is 0 Å². The van der Waals surface area contributed by atoms with Gasteiger partial charge in [-0.05, 0) is 28.6 Å². The number of aryl methyl sites for hydroxylation is 1. The Balaban J connectivity index is 2.10. The van der Waals surface area contributed by atoms with E-state index in [0.717, 1.165) is 6.67 Å². The Hall–Kier alpha value is -2.48. The second-order valence-electron chi connectivity index (χ2n) is 5.78. The fourth-order valence-electron chi connectivity index (χ4n) is 3.23. The van der Waals surface area contributed by atoms with E-state index in [2.05, 4.69) is 84.7 Å². The van der Waals surface area contributed by atoms with Crippen LogP contribution in [0.1, 0.15) is 5.56 Å². The lowest BCUT2D eigenvalue weighted by Crippen LogP contribution is -2.22. The van der Waals surface area contributed by atoms with E-state index in [0.29, 0.717) is 0 Å². The molecule has 2 heteroatoms. The molecular weight excluding hydrogens is 256 g/mol. The largest absolute Gasteiger partial charge is 0.361 e. The molecule has 0 unspecified atom stereocenters. The molecule has 0 fully saturated rings. The molecule has 0 saturated carbocycles. The van der Waals surface area contributed by atoms with E-state index in [1.807, 2.05) is 0 Å². The highest BCUT2D eigenvalue weighted by Crippen LogP contribution is 2.37. The summed E-state index contributed by atoms with van der Waals surface area (Å²) in [5.74, 6) is 0. The van der Waals surface area contributed by atoms with Gasteiger partial charge in [0.1, 0.15) is 0 Å². The van der Waals surface area contributed by atoms with Gasteiger partial charge in [0.05, 0.1) is 12.4 Å². The van der Waals surface area contributed by atoms with E-state index in [9.17, 15) is 0 Å². The molecule has 0 saturated heterocycles. The van der Waals surface area contributed by atoms with Gasteiger partial charge in [-0.1, -0.05) is 48.5 Å². The monoisotopic (exact) mass is 274 g/mol.